The molecule has 12 heavy (non-hydrogen) atoms. The van der Waals surface area contributed by atoms with Crippen LogP contribution in [0.15, 0.2) is 0 Å². The van der Waals surface area contributed by atoms with E-state index >= 15 is 0 Å². The fourth-order valence-corrected chi connectivity index (χ4v) is 1.38. The minimum atomic E-state index is -1.53. The van der Waals surface area contributed by atoms with Crippen molar-refractivity contribution < 1.29 is 15.0 Å². The molecule has 3 heteroatoms. The number of hydrogen-bond acceptors (Lipinski definition) is 2. The first kappa shape index (κ1) is 11.4. The van der Waals surface area contributed by atoms with Gasteiger partial charge in [-0.25, -0.2) is 4.79 Å². The van der Waals surface area contributed by atoms with E-state index in [1.807, 2.05) is 6.92 Å². The molecule has 0 saturated carbocycles. The second-order valence-electron chi connectivity index (χ2n) is 3.27. The van der Waals surface area contributed by atoms with Crippen LogP contribution in [0.4, 0.5) is 0 Å². The fraction of sp³-hybridized carbons (Fsp3) is 0.889. The van der Waals surface area contributed by atoms with E-state index in [1.54, 1.807) is 13.8 Å². The zero-order valence-electron chi connectivity index (χ0n) is 8.00. The number of carboxylic acids is 1. The van der Waals surface area contributed by atoms with Crippen LogP contribution in [0, 0.1) is 5.92 Å². The van der Waals surface area contributed by atoms with Crippen LogP contribution in [-0.4, -0.2) is 21.8 Å². The standard InChI is InChI=1S/C9H18O3/c1-4-6-7(3)9(12,5-2)8(10)11/h7,12H,4-6H2,1-3H3,(H,10,11). The molecule has 0 amide bonds. The van der Waals surface area contributed by atoms with Gasteiger partial charge in [0.1, 0.15) is 0 Å². The molecule has 0 bridgehead atoms. The van der Waals surface area contributed by atoms with E-state index in [9.17, 15) is 9.90 Å². The summed E-state index contributed by atoms with van der Waals surface area (Å²) >= 11 is 0. The lowest BCUT2D eigenvalue weighted by Gasteiger charge is -2.28. The Labute approximate surface area is 73.4 Å². The highest BCUT2D eigenvalue weighted by Gasteiger charge is 2.39. The summed E-state index contributed by atoms with van der Waals surface area (Å²) in [5.74, 6) is -1.28. The van der Waals surface area contributed by atoms with E-state index in [1.165, 1.54) is 0 Å². The van der Waals surface area contributed by atoms with Gasteiger partial charge in [-0.05, 0) is 18.8 Å². The van der Waals surface area contributed by atoms with Crippen molar-refractivity contribution in [2.24, 2.45) is 5.92 Å². The third kappa shape index (κ3) is 2.21. The minimum absolute atomic E-state index is 0.176. The van der Waals surface area contributed by atoms with Crippen LogP contribution >= 0.6 is 0 Å². The van der Waals surface area contributed by atoms with Crippen molar-refractivity contribution in [2.75, 3.05) is 0 Å². The molecule has 0 aliphatic carbocycles. The first-order valence-electron chi connectivity index (χ1n) is 4.44. The van der Waals surface area contributed by atoms with Crippen molar-refractivity contribution in [1.29, 1.82) is 0 Å². The summed E-state index contributed by atoms with van der Waals surface area (Å²) in [7, 11) is 0. The molecule has 0 heterocycles. The van der Waals surface area contributed by atoms with Crippen LogP contribution in [-0.2, 0) is 4.79 Å². The average molecular weight is 174 g/mol. The molecular formula is C9H18O3. The smallest absolute Gasteiger partial charge is 0.335 e. The average Bonchev–Trinajstić information content (AvgIpc) is 2.03. The third-order valence-corrected chi connectivity index (χ3v) is 2.45. The van der Waals surface area contributed by atoms with Crippen molar-refractivity contribution in [3.63, 3.8) is 0 Å². The van der Waals surface area contributed by atoms with Gasteiger partial charge in [0, 0.05) is 0 Å². The SMILES string of the molecule is CCCC(C)C(O)(CC)C(=O)O. The zero-order chi connectivity index (χ0) is 9.78. The van der Waals surface area contributed by atoms with Crippen LogP contribution in [0.5, 0.6) is 0 Å². The molecule has 0 aliphatic heterocycles. The van der Waals surface area contributed by atoms with Gasteiger partial charge < -0.3 is 10.2 Å². The van der Waals surface area contributed by atoms with Crippen molar-refractivity contribution in [3.05, 3.63) is 0 Å². The topological polar surface area (TPSA) is 57.5 Å². The molecule has 2 unspecified atom stereocenters. The molecule has 0 fully saturated rings. The molecule has 0 saturated heterocycles. The second-order valence-corrected chi connectivity index (χ2v) is 3.27. The van der Waals surface area contributed by atoms with Gasteiger partial charge in [-0.15, -0.1) is 0 Å². The Bertz CT molecular complexity index is 156. The fourth-order valence-electron chi connectivity index (χ4n) is 1.38. The van der Waals surface area contributed by atoms with Gasteiger partial charge in [-0.1, -0.05) is 27.2 Å². The lowest BCUT2D eigenvalue weighted by Crippen LogP contribution is -2.44. The molecule has 0 radical (unpaired) electrons. The van der Waals surface area contributed by atoms with Gasteiger partial charge in [0.2, 0.25) is 0 Å². The van der Waals surface area contributed by atoms with Crippen molar-refractivity contribution >= 4 is 5.97 Å². The maximum atomic E-state index is 10.7. The molecule has 72 valence electrons. The van der Waals surface area contributed by atoms with E-state index < -0.39 is 11.6 Å². The number of aliphatic hydroxyl groups is 1. The maximum absolute atomic E-state index is 10.7. The summed E-state index contributed by atoms with van der Waals surface area (Å²) < 4.78 is 0. The molecular weight excluding hydrogens is 156 g/mol. The van der Waals surface area contributed by atoms with Crippen LogP contribution in [0.2, 0.25) is 0 Å². The Hall–Kier alpha value is -0.570. The summed E-state index contributed by atoms with van der Waals surface area (Å²) in [4.78, 5) is 10.7. The van der Waals surface area contributed by atoms with E-state index in [0.29, 0.717) is 0 Å². The predicted octanol–water partition coefficient (Wildman–Crippen LogP) is 1.65. The summed E-state index contributed by atoms with van der Waals surface area (Å²) in [6, 6.07) is 0. The molecule has 0 aromatic carbocycles. The van der Waals surface area contributed by atoms with Crippen LogP contribution < -0.4 is 0 Å². The van der Waals surface area contributed by atoms with Crippen LogP contribution in [0.25, 0.3) is 0 Å². The monoisotopic (exact) mass is 174 g/mol. The highest BCUT2D eigenvalue weighted by molar-refractivity contribution is 5.77. The van der Waals surface area contributed by atoms with E-state index in [0.717, 1.165) is 12.8 Å². The normalized spacial score (nSPS) is 18.3. The lowest BCUT2D eigenvalue weighted by atomic mass is 9.83. The summed E-state index contributed by atoms with van der Waals surface area (Å²) in [6.45, 7) is 5.45. The Morgan fingerprint density at radius 3 is 2.25 bits per heavy atom. The number of carboxylic acid groups (broad SMARTS) is 1. The van der Waals surface area contributed by atoms with Gasteiger partial charge in [0.05, 0.1) is 0 Å². The molecule has 0 aromatic rings. The molecule has 0 rings (SSSR count). The Morgan fingerprint density at radius 2 is 2.00 bits per heavy atom. The molecule has 2 N–H and O–H groups in total. The summed E-state index contributed by atoms with van der Waals surface area (Å²) in [6.07, 6.45) is 1.91. The number of rotatable bonds is 5. The highest BCUT2D eigenvalue weighted by atomic mass is 16.4. The molecule has 3 nitrogen and oxygen atoms in total. The largest absolute Gasteiger partial charge is 0.479 e. The van der Waals surface area contributed by atoms with Crippen molar-refractivity contribution in [2.45, 2.75) is 45.6 Å². The highest BCUT2D eigenvalue weighted by Crippen LogP contribution is 2.25. The molecule has 0 spiro atoms. The van der Waals surface area contributed by atoms with Crippen molar-refractivity contribution in [3.8, 4) is 0 Å². The maximum Gasteiger partial charge on any atom is 0.335 e. The van der Waals surface area contributed by atoms with Gasteiger partial charge in [-0.2, -0.15) is 0 Å². The zero-order valence-corrected chi connectivity index (χ0v) is 8.00. The first-order valence-corrected chi connectivity index (χ1v) is 4.44. The van der Waals surface area contributed by atoms with Crippen LogP contribution in [0.3, 0.4) is 0 Å². The van der Waals surface area contributed by atoms with Gasteiger partial charge in [-0.3, -0.25) is 0 Å². The third-order valence-electron chi connectivity index (χ3n) is 2.45. The lowest BCUT2D eigenvalue weighted by molar-refractivity contribution is -0.165. The number of carbonyl (C=O) groups is 1. The quantitative estimate of drug-likeness (QED) is 0.666. The number of hydrogen-bond donors (Lipinski definition) is 2. The van der Waals surface area contributed by atoms with Crippen molar-refractivity contribution in [1.82, 2.24) is 0 Å². The Kier molecular flexibility index (Phi) is 4.24. The predicted molar refractivity (Wildman–Crippen MR) is 46.9 cm³/mol. The van der Waals surface area contributed by atoms with Crippen LogP contribution in [0.1, 0.15) is 40.0 Å². The Balaban J connectivity index is 4.39. The van der Waals surface area contributed by atoms with Gasteiger partial charge in [0.15, 0.2) is 5.60 Å². The van der Waals surface area contributed by atoms with E-state index in [-0.39, 0.29) is 12.3 Å². The molecule has 0 aliphatic rings. The van der Waals surface area contributed by atoms with E-state index in [2.05, 4.69) is 0 Å². The van der Waals surface area contributed by atoms with Gasteiger partial charge in [0.25, 0.3) is 0 Å². The Morgan fingerprint density at radius 1 is 1.50 bits per heavy atom. The van der Waals surface area contributed by atoms with E-state index in [4.69, 9.17) is 5.11 Å². The number of aliphatic carboxylic acids is 1. The second kappa shape index (κ2) is 4.45. The summed E-state index contributed by atoms with van der Waals surface area (Å²) in [5.41, 5.74) is -1.53. The minimum Gasteiger partial charge on any atom is -0.479 e. The van der Waals surface area contributed by atoms with Gasteiger partial charge >= 0.3 is 5.97 Å². The molecule has 2 atom stereocenters. The first-order chi connectivity index (χ1) is 5.49. The summed E-state index contributed by atoms with van der Waals surface area (Å²) in [5, 5.41) is 18.5. The molecule has 0 aromatic heterocycles.